The molecule has 1 aliphatic carbocycles. The Morgan fingerprint density at radius 3 is 2.78 bits per heavy atom. The summed E-state index contributed by atoms with van der Waals surface area (Å²) in [5, 5.41) is 3.49. The van der Waals surface area contributed by atoms with E-state index in [-0.39, 0.29) is 5.69 Å². The van der Waals surface area contributed by atoms with Crippen LogP contribution in [-0.2, 0) is 6.54 Å². The van der Waals surface area contributed by atoms with E-state index in [0.29, 0.717) is 12.0 Å². The maximum Gasteiger partial charge on any atom is 0.348 e. The SMILES string of the molecule is Cc1nc(=O)n(CC(C)CNC2CC2)c(C)c1Br. The number of halogens is 1. The van der Waals surface area contributed by atoms with Crippen LogP contribution in [0.1, 0.15) is 31.2 Å². The molecule has 1 aromatic heterocycles. The van der Waals surface area contributed by atoms with Crippen LogP contribution in [0.15, 0.2) is 9.27 Å². The predicted octanol–water partition coefficient (Wildman–Crippen LogP) is 2.01. The van der Waals surface area contributed by atoms with Crippen molar-refractivity contribution < 1.29 is 0 Å². The molecule has 1 fully saturated rings. The van der Waals surface area contributed by atoms with Crippen molar-refractivity contribution in [3.8, 4) is 0 Å². The number of aromatic nitrogens is 2. The highest BCUT2D eigenvalue weighted by molar-refractivity contribution is 9.10. The van der Waals surface area contributed by atoms with E-state index in [2.05, 4.69) is 33.2 Å². The first-order chi connectivity index (χ1) is 8.49. The smallest absolute Gasteiger partial charge is 0.314 e. The molecular weight excluding hydrogens is 294 g/mol. The van der Waals surface area contributed by atoms with E-state index < -0.39 is 0 Å². The van der Waals surface area contributed by atoms with E-state index in [1.807, 2.05) is 13.8 Å². The average Bonchev–Trinajstić information content (AvgIpc) is 3.13. The fraction of sp³-hybridized carbons (Fsp3) is 0.692. The molecule has 0 radical (unpaired) electrons. The maximum atomic E-state index is 11.9. The Hall–Kier alpha value is -0.680. The van der Waals surface area contributed by atoms with Crippen molar-refractivity contribution in [1.29, 1.82) is 0 Å². The second kappa shape index (κ2) is 5.53. The summed E-state index contributed by atoms with van der Waals surface area (Å²) >= 11 is 3.49. The first-order valence-electron chi connectivity index (χ1n) is 6.46. The molecule has 1 aromatic rings. The highest BCUT2D eigenvalue weighted by Gasteiger charge is 2.21. The zero-order chi connectivity index (χ0) is 13.3. The highest BCUT2D eigenvalue weighted by Crippen LogP contribution is 2.20. The molecule has 4 nitrogen and oxygen atoms in total. The molecule has 0 saturated heterocycles. The van der Waals surface area contributed by atoms with Crippen LogP contribution in [-0.4, -0.2) is 22.1 Å². The van der Waals surface area contributed by atoms with Gasteiger partial charge in [-0.2, -0.15) is 4.98 Å². The van der Waals surface area contributed by atoms with Crippen LogP contribution in [0.2, 0.25) is 0 Å². The summed E-state index contributed by atoms with van der Waals surface area (Å²) in [6.07, 6.45) is 2.59. The van der Waals surface area contributed by atoms with Gasteiger partial charge in [-0.3, -0.25) is 4.57 Å². The minimum atomic E-state index is -0.147. The van der Waals surface area contributed by atoms with E-state index in [4.69, 9.17) is 0 Å². The molecule has 2 rings (SSSR count). The van der Waals surface area contributed by atoms with Gasteiger partial charge in [0.15, 0.2) is 0 Å². The van der Waals surface area contributed by atoms with Crippen LogP contribution < -0.4 is 11.0 Å². The van der Waals surface area contributed by atoms with Gasteiger partial charge in [0.25, 0.3) is 0 Å². The van der Waals surface area contributed by atoms with Crippen molar-refractivity contribution in [3.05, 3.63) is 26.3 Å². The third-order valence-electron chi connectivity index (χ3n) is 3.36. The van der Waals surface area contributed by atoms with Crippen LogP contribution in [0.4, 0.5) is 0 Å². The van der Waals surface area contributed by atoms with Crippen LogP contribution >= 0.6 is 15.9 Å². The number of nitrogens with one attached hydrogen (secondary N) is 1. The van der Waals surface area contributed by atoms with Gasteiger partial charge in [0.05, 0.1) is 10.2 Å². The van der Waals surface area contributed by atoms with Gasteiger partial charge in [-0.25, -0.2) is 4.79 Å². The topological polar surface area (TPSA) is 46.9 Å². The van der Waals surface area contributed by atoms with Gasteiger partial charge in [0.1, 0.15) is 0 Å². The monoisotopic (exact) mass is 313 g/mol. The van der Waals surface area contributed by atoms with Crippen LogP contribution in [0.5, 0.6) is 0 Å². The summed E-state index contributed by atoms with van der Waals surface area (Å²) in [6.45, 7) is 7.65. The number of nitrogens with zero attached hydrogens (tertiary/aromatic N) is 2. The molecule has 1 atom stereocenters. The Balaban J connectivity index is 2.07. The van der Waals surface area contributed by atoms with Crippen molar-refractivity contribution >= 4 is 15.9 Å². The van der Waals surface area contributed by atoms with Crippen molar-refractivity contribution in [2.75, 3.05) is 6.54 Å². The summed E-state index contributed by atoms with van der Waals surface area (Å²) < 4.78 is 2.69. The molecular formula is C13H20BrN3O. The molecule has 1 unspecified atom stereocenters. The second-order valence-corrected chi connectivity index (χ2v) is 6.07. The molecule has 0 aliphatic heterocycles. The lowest BCUT2D eigenvalue weighted by atomic mass is 10.1. The number of aryl methyl sites for hydroxylation is 1. The molecule has 1 heterocycles. The maximum absolute atomic E-state index is 11.9. The minimum Gasteiger partial charge on any atom is -0.314 e. The summed E-state index contributed by atoms with van der Waals surface area (Å²) in [5.41, 5.74) is 1.58. The van der Waals surface area contributed by atoms with Gasteiger partial charge in [-0.1, -0.05) is 6.92 Å². The standard InChI is InChI=1S/C13H20BrN3O/c1-8(6-15-11-4-5-11)7-17-10(3)12(14)9(2)16-13(17)18/h8,11,15H,4-7H2,1-3H3. The molecule has 0 spiro atoms. The summed E-state index contributed by atoms with van der Waals surface area (Å²) in [5.74, 6) is 0.429. The molecule has 5 heteroatoms. The molecule has 100 valence electrons. The Labute approximate surface area is 116 Å². The van der Waals surface area contributed by atoms with Gasteiger partial charge in [-0.15, -0.1) is 0 Å². The van der Waals surface area contributed by atoms with Crippen molar-refractivity contribution in [3.63, 3.8) is 0 Å². The predicted molar refractivity (Wildman–Crippen MR) is 75.9 cm³/mol. The number of rotatable bonds is 5. The number of hydrogen-bond donors (Lipinski definition) is 1. The van der Waals surface area contributed by atoms with E-state index in [0.717, 1.165) is 29.0 Å². The molecule has 1 aliphatic rings. The van der Waals surface area contributed by atoms with Crippen LogP contribution in [0.3, 0.4) is 0 Å². The quantitative estimate of drug-likeness (QED) is 0.904. The van der Waals surface area contributed by atoms with Crippen LogP contribution in [0, 0.1) is 19.8 Å². The number of hydrogen-bond acceptors (Lipinski definition) is 3. The normalized spacial score (nSPS) is 16.9. The van der Waals surface area contributed by atoms with E-state index in [9.17, 15) is 4.79 Å². The van der Waals surface area contributed by atoms with Crippen molar-refractivity contribution in [2.24, 2.45) is 5.92 Å². The lowest BCUT2D eigenvalue weighted by Gasteiger charge is -2.17. The molecule has 1 saturated carbocycles. The first-order valence-corrected chi connectivity index (χ1v) is 7.25. The molecule has 0 amide bonds. The van der Waals surface area contributed by atoms with Crippen LogP contribution in [0.25, 0.3) is 0 Å². The van der Waals surface area contributed by atoms with E-state index in [1.165, 1.54) is 12.8 Å². The zero-order valence-corrected chi connectivity index (χ0v) is 12.7. The van der Waals surface area contributed by atoms with Gasteiger partial charge in [0.2, 0.25) is 0 Å². The average molecular weight is 314 g/mol. The van der Waals surface area contributed by atoms with Crippen molar-refractivity contribution in [2.45, 2.75) is 46.2 Å². The third-order valence-corrected chi connectivity index (χ3v) is 4.51. The van der Waals surface area contributed by atoms with E-state index >= 15 is 0 Å². The van der Waals surface area contributed by atoms with Gasteiger partial charge in [-0.05, 0) is 55.1 Å². The zero-order valence-electron chi connectivity index (χ0n) is 11.2. The van der Waals surface area contributed by atoms with Gasteiger partial charge < -0.3 is 5.32 Å². The van der Waals surface area contributed by atoms with Gasteiger partial charge in [0, 0.05) is 18.3 Å². The lowest BCUT2D eigenvalue weighted by Crippen LogP contribution is -2.32. The fourth-order valence-electron chi connectivity index (χ4n) is 2.02. The summed E-state index contributed by atoms with van der Waals surface area (Å²) in [7, 11) is 0. The Morgan fingerprint density at radius 1 is 1.50 bits per heavy atom. The largest absolute Gasteiger partial charge is 0.348 e. The molecule has 0 aromatic carbocycles. The summed E-state index contributed by atoms with van der Waals surface area (Å²) in [6, 6.07) is 0.716. The van der Waals surface area contributed by atoms with E-state index in [1.54, 1.807) is 4.57 Å². The second-order valence-electron chi connectivity index (χ2n) is 5.28. The first kappa shape index (κ1) is 13.7. The Morgan fingerprint density at radius 2 is 2.17 bits per heavy atom. The lowest BCUT2D eigenvalue weighted by molar-refractivity contribution is 0.427. The molecule has 1 N–H and O–H groups in total. The Bertz CT molecular complexity index is 494. The highest BCUT2D eigenvalue weighted by atomic mass is 79.9. The van der Waals surface area contributed by atoms with Gasteiger partial charge >= 0.3 is 5.69 Å². The molecule has 0 bridgehead atoms. The van der Waals surface area contributed by atoms with Crippen molar-refractivity contribution in [1.82, 2.24) is 14.9 Å². The third kappa shape index (κ3) is 3.20. The Kier molecular flexibility index (Phi) is 4.22. The molecule has 18 heavy (non-hydrogen) atoms. The summed E-state index contributed by atoms with van der Waals surface area (Å²) in [4.78, 5) is 15.9. The minimum absolute atomic E-state index is 0.147. The fourth-order valence-corrected chi connectivity index (χ4v) is 2.33.